The lowest BCUT2D eigenvalue weighted by atomic mass is 9.82. The van der Waals surface area contributed by atoms with Crippen LogP contribution in [0.4, 0.5) is 0 Å². The van der Waals surface area contributed by atoms with Crippen molar-refractivity contribution in [3.8, 4) is 5.75 Å². The number of hydrogen-bond acceptors (Lipinski definition) is 1. The van der Waals surface area contributed by atoms with E-state index in [2.05, 4.69) is 52.0 Å². The van der Waals surface area contributed by atoms with E-state index in [0.29, 0.717) is 5.41 Å². The molecular formula is C17H28O. The van der Waals surface area contributed by atoms with Crippen molar-refractivity contribution in [1.29, 1.82) is 0 Å². The van der Waals surface area contributed by atoms with Gasteiger partial charge >= 0.3 is 0 Å². The van der Waals surface area contributed by atoms with Crippen molar-refractivity contribution in [3.63, 3.8) is 0 Å². The van der Waals surface area contributed by atoms with Gasteiger partial charge in [0.15, 0.2) is 0 Å². The van der Waals surface area contributed by atoms with Crippen LogP contribution in [-0.2, 0) is 6.42 Å². The average Bonchev–Trinajstić information content (AvgIpc) is 2.31. The molecule has 1 heteroatoms. The first-order valence-corrected chi connectivity index (χ1v) is 7.29. The van der Waals surface area contributed by atoms with Crippen LogP contribution < -0.4 is 4.74 Å². The minimum Gasteiger partial charge on any atom is -0.494 e. The van der Waals surface area contributed by atoms with Gasteiger partial charge in [0.1, 0.15) is 5.75 Å². The molecule has 0 fully saturated rings. The molecule has 0 unspecified atom stereocenters. The summed E-state index contributed by atoms with van der Waals surface area (Å²) in [6.07, 6.45) is 6.00. The highest BCUT2D eigenvalue weighted by atomic mass is 16.5. The van der Waals surface area contributed by atoms with E-state index in [1.165, 1.54) is 24.8 Å². The SMILES string of the molecule is CCCCOc1ccc(CC(C)(C)CCC)cc1. The number of hydrogen-bond donors (Lipinski definition) is 0. The summed E-state index contributed by atoms with van der Waals surface area (Å²) in [5.74, 6) is 1.00. The standard InChI is InChI=1S/C17H28O/c1-5-7-13-18-16-10-8-15(9-11-16)14-17(3,4)12-6-2/h8-11H,5-7,12-14H2,1-4H3. The predicted molar refractivity (Wildman–Crippen MR) is 79.2 cm³/mol. The summed E-state index contributed by atoms with van der Waals surface area (Å²) in [5.41, 5.74) is 1.82. The summed E-state index contributed by atoms with van der Waals surface area (Å²) in [6, 6.07) is 8.62. The first-order valence-electron chi connectivity index (χ1n) is 7.29. The molecule has 0 aliphatic rings. The molecule has 0 aliphatic carbocycles. The Bertz CT molecular complexity index is 324. The number of unbranched alkanes of at least 4 members (excludes halogenated alkanes) is 1. The molecule has 0 radical (unpaired) electrons. The van der Waals surface area contributed by atoms with Crippen molar-refractivity contribution in [2.24, 2.45) is 5.41 Å². The van der Waals surface area contributed by atoms with E-state index in [0.717, 1.165) is 25.2 Å². The van der Waals surface area contributed by atoms with Crippen LogP contribution >= 0.6 is 0 Å². The first-order chi connectivity index (χ1) is 8.57. The summed E-state index contributed by atoms with van der Waals surface area (Å²) < 4.78 is 5.68. The predicted octanol–water partition coefficient (Wildman–Crippen LogP) is 5.23. The minimum atomic E-state index is 0.402. The monoisotopic (exact) mass is 248 g/mol. The van der Waals surface area contributed by atoms with Crippen LogP contribution in [0.15, 0.2) is 24.3 Å². The van der Waals surface area contributed by atoms with Crippen molar-refractivity contribution < 1.29 is 4.74 Å². The Morgan fingerprint density at radius 1 is 1.00 bits per heavy atom. The van der Waals surface area contributed by atoms with Gasteiger partial charge in [0.25, 0.3) is 0 Å². The second-order valence-corrected chi connectivity index (χ2v) is 5.94. The quantitative estimate of drug-likeness (QED) is 0.572. The Balaban J connectivity index is 2.49. The summed E-state index contributed by atoms with van der Waals surface area (Å²) in [4.78, 5) is 0. The Kier molecular flexibility index (Phi) is 6.24. The molecule has 0 N–H and O–H groups in total. The molecular weight excluding hydrogens is 220 g/mol. The fourth-order valence-electron chi connectivity index (χ4n) is 2.36. The molecule has 0 saturated heterocycles. The Morgan fingerprint density at radius 3 is 2.22 bits per heavy atom. The maximum Gasteiger partial charge on any atom is 0.119 e. The Hall–Kier alpha value is -0.980. The largest absolute Gasteiger partial charge is 0.494 e. The molecule has 0 saturated carbocycles. The molecule has 0 atom stereocenters. The van der Waals surface area contributed by atoms with Crippen LogP contribution in [0.25, 0.3) is 0 Å². The second-order valence-electron chi connectivity index (χ2n) is 5.94. The normalized spacial score (nSPS) is 11.6. The minimum absolute atomic E-state index is 0.402. The van der Waals surface area contributed by atoms with Crippen LogP contribution in [0.3, 0.4) is 0 Å². The Morgan fingerprint density at radius 2 is 1.67 bits per heavy atom. The lowest BCUT2D eigenvalue weighted by Crippen LogP contribution is -2.14. The van der Waals surface area contributed by atoms with Gasteiger partial charge in [-0.3, -0.25) is 0 Å². The molecule has 0 aliphatic heterocycles. The van der Waals surface area contributed by atoms with Crippen molar-refractivity contribution in [1.82, 2.24) is 0 Å². The van der Waals surface area contributed by atoms with Gasteiger partial charge in [0.05, 0.1) is 6.61 Å². The fraction of sp³-hybridized carbons (Fsp3) is 0.647. The smallest absolute Gasteiger partial charge is 0.119 e. The van der Waals surface area contributed by atoms with Gasteiger partial charge in [-0.2, -0.15) is 0 Å². The third-order valence-corrected chi connectivity index (χ3v) is 3.30. The lowest BCUT2D eigenvalue weighted by Gasteiger charge is -2.24. The van der Waals surface area contributed by atoms with Crippen LogP contribution in [0.2, 0.25) is 0 Å². The molecule has 1 aromatic carbocycles. The number of benzene rings is 1. The van der Waals surface area contributed by atoms with Gasteiger partial charge in [-0.15, -0.1) is 0 Å². The molecule has 102 valence electrons. The molecule has 0 bridgehead atoms. The zero-order chi connectivity index (χ0) is 13.4. The zero-order valence-electron chi connectivity index (χ0n) is 12.5. The van der Waals surface area contributed by atoms with Crippen LogP contribution in [0, 0.1) is 5.41 Å². The first kappa shape index (κ1) is 15.1. The highest BCUT2D eigenvalue weighted by Crippen LogP contribution is 2.28. The summed E-state index contributed by atoms with van der Waals surface area (Å²) >= 11 is 0. The maximum absolute atomic E-state index is 5.68. The summed E-state index contributed by atoms with van der Waals surface area (Å²) in [6.45, 7) is 9.97. The molecule has 1 nitrogen and oxygen atoms in total. The third-order valence-electron chi connectivity index (χ3n) is 3.30. The zero-order valence-corrected chi connectivity index (χ0v) is 12.5. The molecule has 0 heterocycles. The highest BCUT2D eigenvalue weighted by molar-refractivity contribution is 5.27. The van der Waals surface area contributed by atoms with Crippen LogP contribution in [-0.4, -0.2) is 6.61 Å². The van der Waals surface area contributed by atoms with Crippen LogP contribution in [0.1, 0.15) is 58.9 Å². The molecule has 1 rings (SSSR count). The summed E-state index contributed by atoms with van der Waals surface area (Å²) in [5, 5.41) is 0. The van der Waals surface area contributed by atoms with Crippen LogP contribution in [0.5, 0.6) is 5.75 Å². The number of rotatable bonds is 8. The Labute approximate surface area is 113 Å². The van der Waals surface area contributed by atoms with Crippen molar-refractivity contribution in [2.75, 3.05) is 6.61 Å². The van der Waals surface area contributed by atoms with Gasteiger partial charge in [0, 0.05) is 0 Å². The van der Waals surface area contributed by atoms with Crippen molar-refractivity contribution in [3.05, 3.63) is 29.8 Å². The summed E-state index contributed by atoms with van der Waals surface area (Å²) in [7, 11) is 0. The fourth-order valence-corrected chi connectivity index (χ4v) is 2.36. The van der Waals surface area contributed by atoms with E-state index in [4.69, 9.17) is 4.74 Å². The van der Waals surface area contributed by atoms with E-state index >= 15 is 0 Å². The van der Waals surface area contributed by atoms with Gasteiger partial charge in [-0.1, -0.05) is 52.7 Å². The van der Waals surface area contributed by atoms with Gasteiger partial charge < -0.3 is 4.74 Å². The van der Waals surface area contributed by atoms with E-state index in [9.17, 15) is 0 Å². The number of ether oxygens (including phenoxy) is 1. The van der Waals surface area contributed by atoms with E-state index in [1.54, 1.807) is 0 Å². The second kappa shape index (κ2) is 7.45. The highest BCUT2D eigenvalue weighted by Gasteiger charge is 2.16. The van der Waals surface area contributed by atoms with E-state index in [-0.39, 0.29) is 0 Å². The van der Waals surface area contributed by atoms with Crippen molar-refractivity contribution >= 4 is 0 Å². The molecule has 18 heavy (non-hydrogen) atoms. The van der Waals surface area contributed by atoms with Gasteiger partial charge in [-0.25, -0.2) is 0 Å². The molecule has 0 spiro atoms. The van der Waals surface area contributed by atoms with Gasteiger partial charge in [0.2, 0.25) is 0 Å². The molecule has 0 aromatic heterocycles. The topological polar surface area (TPSA) is 9.23 Å². The third kappa shape index (κ3) is 5.57. The average molecular weight is 248 g/mol. The van der Waals surface area contributed by atoms with E-state index in [1.807, 2.05) is 0 Å². The molecule has 0 amide bonds. The maximum atomic E-state index is 5.68. The van der Waals surface area contributed by atoms with Gasteiger partial charge in [-0.05, 0) is 42.4 Å². The lowest BCUT2D eigenvalue weighted by molar-refractivity contribution is 0.308. The molecule has 1 aromatic rings. The van der Waals surface area contributed by atoms with Crippen molar-refractivity contribution in [2.45, 2.75) is 59.8 Å². The van der Waals surface area contributed by atoms with E-state index < -0.39 is 0 Å².